The second-order valence-electron chi connectivity index (χ2n) is 4.88. The number of benzene rings is 2. The van der Waals surface area contributed by atoms with Crippen molar-refractivity contribution in [2.24, 2.45) is 0 Å². The highest BCUT2D eigenvalue weighted by atomic mass is 32.2. The van der Waals surface area contributed by atoms with Crippen molar-refractivity contribution in [3.05, 3.63) is 54.6 Å². The smallest absolute Gasteiger partial charge is 0.244 e. The Hall–Kier alpha value is -2.07. The van der Waals surface area contributed by atoms with Gasteiger partial charge in [-0.2, -0.15) is 34.8 Å². The summed E-state index contributed by atoms with van der Waals surface area (Å²) in [5, 5.41) is 0. The standard InChI is InChI=1S/C15H10F6O3S/c16-14(17,18)13(15(19,20)21)24-25(22,23)12-9-5-4-8-11(12)10-6-2-1-3-7-10/h1-9,13H. The molecule has 0 unspecified atom stereocenters. The summed E-state index contributed by atoms with van der Waals surface area (Å²) in [6, 6.07) is 12.3. The number of halogens is 6. The summed E-state index contributed by atoms with van der Waals surface area (Å²) >= 11 is 0. The maximum absolute atomic E-state index is 12.6. The molecule has 0 radical (unpaired) electrons. The van der Waals surface area contributed by atoms with Crippen LogP contribution in [0.15, 0.2) is 59.5 Å². The number of hydrogen-bond donors (Lipinski definition) is 0. The molecule has 0 amide bonds. The van der Waals surface area contributed by atoms with E-state index in [0.717, 1.165) is 6.07 Å². The lowest BCUT2D eigenvalue weighted by atomic mass is 10.1. The van der Waals surface area contributed by atoms with Gasteiger partial charge in [0.15, 0.2) is 0 Å². The maximum Gasteiger partial charge on any atom is 0.425 e. The van der Waals surface area contributed by atoms with Crippen molar-refractivity contribution in [2.45, 2.75) is 23.4 Å². The zero-order valence-corrected chi connectivity index (χ0v) is 13.0. The molecule has 0 saturated heterocycles. The van der Waals surface area contributed by atoms with Crippen molar-refractivity contribution in [1.29, 1.82) is 0 Å². The summed E-state index contributed by atoms with van der Waals surface area (Å²) in [5.74, 6) is 0. The molecule has 0 aliphatic rings. The van der Waals surface area contributed by atoms with Crippen LogP contribution < -0.4 is 0 Å². The second-order valence-corrected chi connectivity index (χ2v) is 6.42. The predicted molar refractivity (Wildman–Crippen MR) is 76.0 cm³/mol. The molecule has 0 atom stereocenters. The van der Waals surface area contributed by atoms with Crippen LogP contribution in [0.25, 0.3) is 11.1 Å². The van der Waals surface area contributed by atoms with E-state index in [9.17, 15) is 34.8 Å². The Labute approximate surface area is 139 Å². The molecule has 0 aliphatic carbocycles. The first-order valence-corrected chi connectivity index (χ1v) is 8.05. The first-order valence-electron chi connectivity index (χ1n) is 6.64. The van der Waals surface area contributed by atoms with Crippen LogP contribution in [0.2, 0.25) is 0 Å². The summed E-state index contributed by atoms with van der Waals surface area (Å²) in [6.07, 6.45) is -16.3. The van der Waals surface area contributed by atoms with Crippen LogP contribution in [-0.2, 0) is 14.3 Å². The third-order valence-corrected chi connectivity index (χ3v) is 4.40. The minimum atomic E-state index is -5.94. The van der Waals surface area contributed by atoms with Crippen LogP contribution in [0.3, 0.4) is 0 Å². The maximum atomic E-state index is 12.6. The van der Waals surface area contributed by atoms with Gasteiger partial charge in [0.25, 0.3) is 16.2 Å². The predicted octanol–water partition coefficient (Wildman–Crippen LogP) is 4.55. The zero-order valence-electron chi connectivity index (χ0n) is 12.2. The lowest BCUT2D eigenvalue weighted by molar-refractivity contribution is -0.299. The van der Waals surface area contributed by atoms with Gasteiger partial charge in [0.05, 0.1) is 0 Å². The van der Waals surface area contributed by atoms with Gasteiger partial charge in [-0.05, 0) is 11.6 Å². The van der Waals surface area contributed by atoms with E-state index < -0.39 is 33.5 Å². The van der Waals surface area contributed by atoms with Crippen LogP contribution in [0.5, 0.6) is 0 Å². The molecule has 0 aliphatic heterocycles. The van der Waals surface area contributed by atoms with Crippen molar-refractivity contribution in [1.82, 2.24) is 0 Å². The summed E-state index contributed by atoms with van der Waals surface area (Å²) in [7, 11) is -5.34. The minimum absolute atomic E-state index is 0.0776. The Morgan fingerprint density at radius 3 is 1.76 bits per heavy atom. The van der Waals surface area contributed by atoms with Gasteiger partial charge < -0.3 is 0 Å². The Morgan fingerprint density at radius 1 is 0.760 bits per heavy atom. The summed E-state index contributed by atoms with van der Waals surface area (Å²) in [6.45, 7) is 0. The molecular weight excluding hydrogens is 374 g/mol. The van der Waals surface area contributed by atoms with Crippen LogP contribution in [0.4, 0.5) is 26.3 Å². The topological polar surface area (TPSA) is 43.4 Å². The van der Waals surface area contributed by atoms with Crippen molar-refractivity contribution in [3.8, 4) is 11.1 Å². The van der Waals surface area contributed by atoms with Gasteiger partial charge in [-0.1, -0.05) is 48.5 Å². The average Bonchev–Trinajstić information content (AvgIpc) is 2.51. The molecule has 2 aromatic rings. The third-order valence-electron chi connectivity index (χ3n) is 3.06. The van der Waals surface area contributed by atoms with E-state index in [1.165, 1.54) is 42.5 Å². The first kappa shape index (κ1) is 19.3. The van der Waals surface area contributed by atoms with Crippen LogP contribution in [0, 0.1) is 0 Å². The fourth-order valence-electron chi connectivity index (χ4n) is 2.01. The summed E-state index contributed by atoms with van der Waals surface area (Å²) < 4.78 is 103. The highest BCUT2D eigenvalue weighted by Crippen LogP contribution is 2.38. The van der Waals surface area contributed by atoms with Crippen molar-refractivity contribution in [3.63, 3.8) is 0 Å². The lowest BCUT2D eigenvalue weighted by Crippen LogP contribution is -2.45. The van der Waals surface area contributed by atoms with E-state index in [0.29, 0.717) is 5.56 Å². The van der Waals surface area contributed by atoms with E-state index in [4.69, 9.17) is 0 Å². The lowest BCUT2D eigenvalue weighted by Gasteiger charge is -2.23. The van der Waals surface area contributed by atoms with Crippen molar-refractivity contribution >= 4 is 10.1 Å². The average molecular weight is 384 g/mol. The highest BCUT2D eigenvalue weighted by molar-refractivity contribution is 7.87. The SMILES string of the molecule is O=S(=O)(OC(C(F)(F)F)C(F)(F)F)c1ccccc1-c1ccccc1. The molecule has 0 bridgehead atoms. The van der Waals surface area contributed by atoms with Crippen molar-refractivity contribution in [2.75, 3.05) is 0 Å². The molecule has 136 valence electrons. The van der Waals surface area contributed by atoms with Gasteiger partial charge >= 0.3 is 12.4 Å². The number of hydrogen-bond acceptors (Lipinski definition) is 3. The molecule has 0 aromatic heterocycles. The fraction of sp³-hybridized carbons (Fsp3) is 0.200. The molecule has 0 spiro atoms. The molecule has 25 heavy (non-hydrogen) atoms. The molecule has 0 heterocycles. The number of alkyl halides is 6. The minimum Gasteiger partial charge on any atom is -0.244 e. The Kier molecular flexibility index (Phi) is 5.14. The molecule has 10 heteroatoms. The largest absolute Gasteiger partial charge is 0.425 e. The van der Waals surface area contributed by atoms with Gasteiger partial charge in [-0.3, -0.25) is 0 Å². The van der Waals surface area contributed by atoms with Crippen LogP contribution >= 0.6 is 0 Å². The monoisotopic (exact) mass is 384 g/mol. The normalized spacial score (nSPS) is 13.2. The summed E-state index contributed by atoms with van der Waals surface area (Å²) in [5.41, 5.74) is 0.215. The molecule has 0 fully saturated rings. The van der Waals surface area contributed by atoms with E-state index in [1.54, 1.807) is 6.07 Å². The summed E-state index contributed by atoms with van der Waals surface area (Å²) in [4.78, 5) is -0.792. The third kappa shape index (κ3) is 4.51. The van der Waals surface area contributed by atoms with Gasteiger partial charge in [0.1, 0.15) is 4.90 Å². The Morgan fingerprint density at radius 2 is 1.24 bits per heavy atom. The molecular formula is C15H10F6O3S. The van der Waals surface area contributed by atoms with Crippen molar-refractivity contribution < 1.29 is 38.9 Å². The second kappa shape index (κ2) is 6.68. The van der Waals surface area contributed by atoms with Gasteiger partial charge in [0, 0.05) is 5.56 Å². The van der Waals surface area contributed by atoms with E-state index in [-0.39, 0.29) is 5.56 Å². The first-order chi connectivity index (χ1) is 11.4. The van der Waals surface area contributed by atoms with E-state index >= 15 is 0 Å². The van der Waals surface area contributed by atoms with Crippen LogP contribution in [-0.4, -0.2) is 26.9 Å². The van der Waals surface area contributed by atoms with E-state index in [1.807, 2.05) is 0 Å². The Bertz CT molecular complexity index is 814. The zero-order chi connectivity index (χ0) is 18.9. The molecule has 3 nitrogen and oxygen atoms in total. The number of rotatable bonds is 4. The highest BCUT2D eigenvalue weighted by Gasteiger charge is 2.60. The molecule has 2 aromatic carbocycles. The van der Waals surface area contributed by atoms with Gasteiger partial charge in [-0.15, -0.1) is 0 Å². The Balaban J connectivity index is 2.51. The van der Waals surface area contributed by atoms with Crippen LogP contribution in [0.1, 0.15) is 0 Å². The fourth-order valence-corrected chi connectivity index (χ4v) is 3.29. The van der Waals surface area contributed by atoms with Gasteiger partial charge in [-0.25, -0.2) is 4.18 Å². The molecule has 0 N–H and O–H groups in total. The molecule has 2 rings (SSSR count). The quantitative estimate of drug-likeness (QED) is 0.574. The molecule has 0 saturated carbocycles. The van der Waals surface area contributed by atoms with Gasteiger partial charge in [0.2, 0.25) is 0 Å². The van der Waals surface area contributed by atoms with E-state index in [2.05, 4.69) is 4.18 Å².